The number of likely N-dealkylation sites (tertiary alicyclic amines) is 1. The number of nitrogens with zero attached hydrogens (tertiary/aromatic N) is 1. The molecule has 1 heterocycles. The van der Waals surface area contributed by atoms with E-state index in [1.54, 1.807) is 6.07 Å². The molecule has 1 N–H and O–H groups in total. The first-order valence-electron chi connectivity index (χ1n) is 9.38. The highest BCUT2D eigenvalue weighted by molar-refractivity contribution is 7.89. The lowest BCUT2D eigenvalue weighted by Crippen LogP contribution is -2.45. The van der Waals surface area contributed by atoms with Crippen LogP contribution in [0.1, 0.15) is 50.7 Å². The predicted molar refractivity (Wildman–Crippen MR) is 97.7 cm³/mol. The molecular formula is C19H30N2O2S. The molecule has 1 aromatic rings. The van der Waals surface area contributed by atoms with E-state index >= 15 is 0 Å². The zero-order valence-corrected chi connectivity index (χ0v) is 15.7. The molecular weight excluding hydrogens is 320 g/mol. The second kappa shape index (κ2) is 7.54. The number of benzene rings is 1. The number of rotatable bonds is 7. The molecule has 0 atom stereocenters. The van der Waals surface area contributed by atoms with Gasteiger partial charge >= 0.3 is 0 Å². The van der Waals surface area contributed by atoms with Crippen molar-refractivity contribution in [2.45, 2.75) is 63.3 Å². The first-order chi connectivity index (χ1) is 11.5. The van der Waals surface area contributed by atoms with Crippen molar-refractivity contribution in [2.24, 2.45) is 5.92 Å². The number of piperidine rings is 1. The highest BCUT2D eigenvalue weighted by Crippen LogP contribution is 2.30. The minimum atomic E-state index is -3.41. The highest BCUT2D eigenvalue weighted by Gasteiger charge is 2.29. The highest BCUT2D eigenvalue weighted by atomic mass is 32.2. The van der Waals surface area contributed by atoms with Crippen molar-refractivity contribution < 1.29 is 8.42 Å². The molecule has 0 aromatic heterocycles. The number of nitrogens with one attached hydrogen (secondary N) is 1. The minimum Gasteiger partial charge on any atom is -0.303 e. The van der Waals surface area contributed by atoms with Crippen LogP contribution in [0.3, 0.4) is 0 Å². The summed E-state index contributed by atoms with van der Waals surface area (Å²) in [6.07, 6.45) is 6.39. The summed E-state index contributed by atoms with van der Waals surface area (Å²) in [5.41, 5.74) is 2.38. The molecule has 2 fully saturated rings. The van der Waals surface area contributed by atoms with Crippen molar-refractivity contribution in [1.82, 2.24) is 9.62 Å². The maximum atomic E-state index is 12.7. The van der Waals surface area contributed by atoms with Crippen molar-refractivity contribution in [2.75, 3.05) is 19.6 Å². The van der Waals surface area contributed by atoms with Gasteiger partial charge in [0, 0.05) is 12.6 Å². The molecule has 3 rings (SSSR count). The average Bonchev–Trinajstić information content (AvgIpc) is 3.39. The van der Waals surface area contributed by atoms with Crippen LogP contribution < -0.4 is 4.72 Å². The normalized spacial score (nSPS) is 20.4. The summed E-state index contributed by atoms with van der Waals surface area (Å²) in [4.78, 5) is 2.91. The van der Waals surface area contributed by atoms with Crippen LogP contribution in [0.5, 0.6) is 0 Å². The third kappa shape index (κ3) is 4.38. The zero-order chi connectivity index (χ0) is 17.2. The van der Waals surface area contributed by atoms with Gasteiger partial charge in [-0.2, -0.15) is 0 Å². The molecule has 1 aromatic carbocycles. The smallest absolute Gasteiger partial charge is 0.240 e. The van der Waals surface area contributed by atoms with E-state index in [0.29, 0.717) is 4.90 Å². The molecule has 0 bridgehead atoms. The maximum Gasteiger partial charge on any atom is 0.240 e. The average molecular weight is 351 g/mol. The predicted octanol–water partition coefficient (Wildman–Crippen LogP) is 2.96. The van der Waals surface area contributed by atoms with Gasteiger partial charge in [-0.1, -0.05) is 19.9 Å². The second-order valence-corrected chi connectivity index (χ2v) is 8.99. The molecule has 0 radical (unpaired) electrons. The van der Waals surface area contributed by atoms with Gasteiger partial charge in [0.05, 0.1) is 4.90 Å². The Hall–Kier alpha value is -0.910. The topological polar surface area (TPSA) is 49.4 Å². The standard InChI is InChI=1S/C19H30N2O2S/c1-3-16-7-8-19(13-17(16)4-2)24(22,23)20-18-9-11-21(12-10-18)14-15-5-6-15/h7-8,13,15,18,20H,3-6,9-12,14H2,1-2H3. The summed E-state index contributed by atoms with van der Waals surface area (Å²) in [5.74, 6) is 0.905. The molecule has 24 heavy (non-hydrogen) atoms. The van der Waals surface area contributed by atoms with Crippen molar-refractivity contribution in [1.29, 1.82) is 0 Å². The van der Waals surface area contributed by atoms with Crippen LogP contribution >= 0.6 is 0 Å². The van der Waals surface area contributed by atoms with E-state index in [1.165, 1.54) is 24.9 Å². The number of aryl methyl sites for hydroxylation is 2. The third-order valence-electron chi connectivity index (χ3n) is 5.37. The first kappa shape index (κ1) is 17.9. The Labute approximate surface area is 146 Å². The largest absolute Gasteiger partial charge is 0.303 e. The van der Waals surface area contributed by atoms with Crippen LogP contribution in [-0.4, -0.2) is 39.0 Å². The fourth-order valence-electron chi connectivity index (χ4n) is 3.63. The minimum absolute atomic E-state index is 0.0707. The molecule has 1 saturated carbocycles. The van der Waals surface area contributed by atoms with E-state index in [2.05, 4.69) is 23.5 Å². The second-order valence-electron chi connectivity index (χ2n) is 7.28. The van der Waals surface area contributed by atoms with E-state index in [9.17, 15) is 8.42 Å². The molecule has 4 nitrogen and oxygen atoms in total. The van der Waals surface area contributed by atoms with Crippen LogP contribution in [0.4, 0.5) is 0 Å². The maximum absolute atomic E-state index is 12.7. The summed E-state index contributed by atoms with van der Waals surface area (Å²) >= 11 is 0. The van der Waals surface area contributed by atoms with Crippen LogP contribution in [-0.2, 0) is 22.9 Å². The van der Waals surface area contributed by atoms with Crippen molar-refractivity contribution >= 4 is 10.0 Å². The van der Waals surface area contributed by atoms with Crippen molar-refractivity contribution in [3.05, 3.63) is 29.3 Å². The van der Waals surface area contributed by atoms with Gasteiger partial charge in [0.25, 0.3) is 0 Å². The summed E-state index contributed by atoms with van der Waals surface area (Å²) in [5, 5.41) is 0. The van der Waals surface area contributed by atoms with E-state index < -0.39 is 10.0 Å². The fourth-order valence-corrected chi connectivity index (χ4v) is 4.99. The Morgan fingerprint density at radius 1 is 1.04 bits per heavy atom. The molecule has 0 unspecified atom stereocenters. The first-order valence-corrected chi connectivity index (χ1v) is 10.9. The molecule has 0 spiro atoms. The third-order valence-corrected chi connectivity index (χ3v) is 6.89. The SMILES string of the molecule is CCc1ccc(S(=O)(=O)NC2CCN(CC3CC3)CC2)cc1CC. The van der Waals surface area contributed by atoms with Gasteiger partial charge in [0.15, 0.2) is 0 Å². The van der Waals surface area contributed by atoms with Gasteiger partial charge in [-0.05, 0) is 80.8 Å². The van der Waals surface area contributed by atoms with Crippen molar-refractivity contribution in [3.8, 4) is 0 Å². The quantitative estimate of drug-likeness (QED) is 0.822. The number of hydrogen-bond donors (Lipinski definition) is 1. The van der Waals surface area contributed by atoms with Gasteiger partial charge in [-0.25, -0.2) is 13.1 Å². The summed E-state index contributed by atoms with van der Waals surface area (Å²) in [6.45, 7) is 7.42. The molecule has 0 amide bonds. The Morgan fingerprint density at radius 3 is 2.29 bits per heavy atom. The van der Waals surface area contributed by atoms with Crippen LogP contribution in [0, 0.1) is 5.92 Å². The Morgan fingerprint density at radius 2 is 1.71 bits per heavy atom. The lowest BCUT2D eigenvalue weighted by Gasteiger charge is -2.32. The summed E-state index contributed by atoms with van der Waals surface area (Å²) in [7, 11) is -3.41. The Kier molecular flexibility index (Phi) is 5.63. The lowest BCUT2D eigenvalue weighted by molar-refractivity contribution is 0.200. The summed E-state index contributed by atoms with van der Waals surface area (Å²) in [6, 6.07) is 5.64. The van der Waals surface area contributed by atoms with Crippen LogP contribution in [0.25, 0.3) is 0 Å². The van der Waals surface area contributed by atoms with Gasteiger partial charge in [-0.15, -0.1) is 0 Å². The summed E-state index contributed by atoms with van der Waals surface area (Å²) < 4.78 is 28.4. The molecule has 1 aliphatic heterocycles. The van der Waals surface area contributed by atoms with E-state index in [0.717, 1.165) is 50.3 Å². The fraction of sp³-hybridized carbons (Fsp3) is 0.684. The monoisotopic (exact) mass is 350 g/mol. The molecule has 1 saturated heterocycles. The van der Waals surface area contributed by atoms with Crippen LogP contribution in [0.15, 0.2) is 23.1 Å². The number of hydrogen-bond acceptors (Lipinski definition) is 3. The molecule has 134 valence electrons. The Balaban J connectivity index is 1.61. The van der Waals surface area contributed by atoms with Crippen LogP contribution in [0.2, 0.25) is 0 Å². The van der Waals surface area contributed by atoms with Gasteiger partial charge in [-0.3, -0.25) is 0 Å². The Bertz CT molecular complexity index is 660. The molecule has 1 aliphatic carbocycles. The lowest BCUT2D eigenvalue weighted by atomic mass is 10.0. The zero-order valence-electron chi connectivity index (χ0n) is 14.9. The van der Waals surface area contributed by atoms with Gasteiger partial charge in [0.1, 0.15) is 0 Å². The van der Waals surface area contributed by atoms with E-state index in [1.807, 2.05) is 12.1 Å². The number of sulfonamides is 1. The van der Waals surface area contributed by atoms with E-state index in [4.69, 9.17) is 0 Å². The van der Waals surface area contributed by atoms with Crippen molar-refractivity contribution in [3.63, 3.8) is 0 Å². The van der Waals surface area contributed by atoms with Gasteiger partial charge in [0.2, 0.25) is 10.0 Å². The molecule has 5 heteroatoms. The van der Waals surface area contributed by atoms with Gasteiger partial charge < -0.3 is 4.90 Å². The molecule has 2 aliphatic rings. The van der Waals surface area contributed by atoms with E-state index in [-0.39, 0.29) is 6.04 Å².